The molecule has 392 valence electrons. The van der Waals surface area contributed by atoms with Crippen LogP contribution in [-0.4, -0.2) is 142 Å². The number of aliphatic hydroxyl groups excluding tert-OH is 2. The maximum absolute atomic E-state index is 14.2. The number of likely N-dealkylation sites (tertiary alicyclic amines) is 1. The van der Waals surface area contributed by atoms with Crippen molar-refractivity contribution in [1.29, 1.82) is 5.26 Å². The number of β-amino-alcohol motifs (C(OH)–C–C–N with tert-alkyl or cyclic N) is 1. The number of amides is 4. The SMILES string of the molecule is Cc1ncsc1-c1ccc(C(CO)NC(=O)[C@@H]2CC(O)CN2C(=O)[C@@H](NC(=O)COCCN2C[C@@H](C)N(c3ccc(C(=O)N[C@H]4C(C)(C)[C@H](Oc5ccc(C#N)c(Cl)c5)C4(C)C)cn3)[C@@H](C)C2)C(C)(C)C)cc1. The fourth-order valence-electron chi connectivity index (χ4n) is 11.2. The number of hydrogen-bond acceptors (Lipinski definition) is 14. The molecule has 3 fully saturated rings. The van der Waals surface area contributed by atoms with Crippen molar-refractivity contribution in [1.82, 2.24) is 35.7 Å². The summed E-state index contributed by atoms with van der Waals surface area (Å²) in [5.74, 6) is -0.382. The molecule has 0 radical (unpaired) electrons. The molecule has 6 atom stereocenters. The van der Waals surface area contributed by atoms with Crippen LogP contribution >= 0.6 is 22.9 Å². The van der Waals surface area contributed by atoms with Crippen molar-refractivity contribution in [3.63, 3.8) is 0 Å². The quantitative estimate of drug-likeness (QED) is 0.0778. The van der Waals surface area contributed by atoms with Gasteiger partial charge in [0, 0.05) is 73.8 Å². The summed E-state index contributed by atoms with van der Waals surface area (Å²) in [6.07, 6.45) is 0.445. The first kappa shape index (κ1) is 55.1. The average Bonchev–Trinajstić information content (AvgIpc) is 3.96. The minimum atomic E-state index is -1.02. The molecule has 0 spiro atoms. The minimum absolute atomic E-state index is 0.0114. The first-order valence-corrected chi connectivity index (χ1v) is 26.1. The Morgan fingerprint density at radius 2 is 1.66 bits per heavy atom. The lowest BCUT2D eigenvalue weighted by Crippen LogP contribution is -2.74. The predicted molar refractivity (Wildman–Crippen MR) is 280 cm³/mol. The van der Waals surface area contributed by atoms with Gasteiger partial charge in [0.2, 0.25) is 17.7 Å². The zero-order valence-corrected chi connectivity index (χ0v) is 45.0. The highest BCUT2D eigenvalue weighted by atomic mass is 35.5. The van der Waals surface area contributed by atoms with Crippen LogP contribution in [0.25, 0.3) is 10.4 Å². The van der Waals surface area contributed by atoms with E-state index < -0.39 is 58.2 Å². The number of nitriles is 1. The van der Waals surface area contributed by atoms with Crippen LogP contribution in [-0.2, 0) is 19.1 Å². The molecular formula is C54H70ClN9O8S. The number of thiazole rings is 1. The van der Waals surface area contributed by atoms with Crippen molar-refractivity contribution in [2.75, 3.05) is 50.9 Å². The lowest BCUT2D eigenvalue weighted by atomic mass is 9.49. The molecular weight excluding hydrogens is 970 g/mol. The van der Waals surface area contributed by atoms with Crippen molar-refractivity contribution in [2.24, 2.45) is 16.2 Å². The fraction of sp³-hybridized carbons (Fsp3) is 0.537. The Morgan fingerprint density at radius 3 is 2.23 bits per heavy atom. The topological polar surface area (TPSA) is 223 Å². The van der Waals surface area contributed by atoms with E-state index in [2.05, 4.69) is 78.3 Å². The van der Waals surface area contributed by atoms with Crippen LogP contribution < -0.4 is 25.6 Å². The monoisotopic (exact) mass is 1040 g/mol. The van der Waals surface area contributed by atoms with Gasteiger partial charge in [0.25, 0.3) is 5.91 Å². The second-order valence-corrected chi connectivity index (χ2v) is 23.3. The smallest absolute Gasteiger partial charge is 0.253 e. The van der Waals surface area contributed by atoms with Gasteiger partial charge in [-0.1, -0.05) is 84.3 Å². The molecule has 0 bridgehead atoms. The Morgan fingerprint density at radius 1 is 0.973 bits per heavy atom. The number of halogens is 1. The maximum atomic E-state index is 14.2. The highest BCUT2D eigenvalue weighted by Crippen LogP contribution is 2.55. The Kier molecular flexibility index (Phi) is 16.9. The molecule has 73 heavy (non-hydrogen) atoms. The van der Waals surface area contributed by atoms with E-state index in [4.69, 9.17) is 26.1 Å². The maximum Gasteiger partial charge on any atom is 0.253 e. The molecule has 4 amide bonds. The van der Waals surface area contributed by atoms with Gasteiger partial charge in [0.15, 0.2) is 0 Å². The normalized spacial score (nSPS) is 23.4. The summed E-state index contributed by atoms with van der Waals surface area (Å²) < 4.78 is 12.2. The number of carbonyl (C=O) groups is 4. The van der Waals surface area contributed by atoms with E-state index in [-0.39, 0.29) is 62.9 Å². The minimum Gasteiger partial charge on any atom is -0.489 e. The van der Waals surface area contributed by atoms with E-state index in [9.17, 15) is 34.7 Å². The molecule has 19 heteroatoms. The van der Waals surface area contributed by atoms with E-state index >= 15 is 0 Å². The van der Waals surface area contributed by atoms with Gasteiger partial charge in [-0.2, -0.15) is 5.26 Å². The van der Waals surface area contributed by atoms with Gasteiger partial charge in [-0.05, 0) is 61.6 Å². The van der Waals surface area contributed by atoms with Gasteiger partial charge in [-0.25, -0.2) is 9.97 Å². The standard InChI is InChI=1S/C54H70ClN9O8S/c1-31-25-62(26-32(2)64(31)43-18-16-37(24-57-43)47(68)61-50-53(7,8)51(54(50,9)10)72-39-17-15-36(23-56)40(55)22-39)19-20-71-29-44(67)60-46(52(4,5)6)49(70)63-27-38(66)21-42(63)48(69)59-41(28-65)34-11-13-35(14-12-34)45-33(3)58-30-73-45/h11-18,22,24,30-32,38,41-42,46,50-51,65-66H,19-21,25-29H2,1-10H3,(H,59,69)(H,60,67)(H,61,68)/t31-,32+,38?,41?,42-,46+,50-,51-/m0/s1. The van der Waals surface area contributed by atoms with Gasteiger partial charge in [-0.15, -0.1) is 11.3 Å². The first-order valence-electron chi connectivity index (χ1n) is 24.9. The highest BCUT2D eigenvalue weighted by molar-refractivity contribution is 7.13. The van der Waals surface area contributed by atoms with E-state index in [0.717, 1.165) is 22.0 Å². The third-order valence-corrected chi connectivity index (χ3v) is 15.9. The number of aliphatic hydroxyl groups is 2. The van der Waals surface area contributed by atoms with Crippen LogP contribution in [0.5, 0.6) is 5.75 Å². The molecule has 2 aromatic heterocycles. The molecule has 2 saturated heterocycles. The number of hydrogen-bond donors (Lipinski definition) is 5. The van der Waals surface area contributed by atoms with Crippen molar-refractivity contribution < 1.29 is 38.9 Å². The number of nitrogens with one attached hydrogen (secondary N) is 3. The number of piperazine rings is 1. The second kappa shape index (κ2) is 22.4. The second-order valence-electron chi connectivity index (χ2n) is 22.0. The van der Waals surface area contributed by atoms with Crippen molar-refractivity contribution in [3.05, 3.63) is 93.7 Å². The third kappa shape index (κ3) is 12.1. The fourth-order valence-corrected chi connectivity index (χ4v) is 12.2. The molecule has 2 unspecified atom stereocenters. The molecule has 2 aromatic carbocycles. The number of pyridine rings is 1. The van der Waals surface area contributed by atoms with Crippen LogP contribution in [0.4, 0.5) is 5.82 Å². The molecule has 2 aliphatic heterocycles. The number of anilines is 1. The molecule has 3 aliphatic rings. The number of rotatable bonds is 17. The summed E-state index contributed by atoms with van der Waals surface area (Å²) in [5.41, 5.74) is 3.60. The van der Waals surface area contributed by atoms with E-state index in [1.807, 2.05) is 58.0 Å². The Bertz CT molecular complexity index is 2640. The van der Waals surface area contributed by atoms with Gasteiger partial charge < -0.3 is 45.4 Å². The summed E-state index contributed by atoms with van der Waals surface area (Å²) in [7, 11) is 0. The molecule has 1 saturated carbocycles. The Balaban J connectivity index is 0.866. The van der Waals surface area contributed by atoms with Crippen molar-refractivity contribution in [3.8, 4) is 22.3 Å². The number of aryl methyl sites for hydroxylation is 1. The largest absolute Gasteiger partial charge is 0.489 e. The van der Waals surface area contributed by atoms with Crippen LogP contribution in [0.2, 0.25) is 5.02 Å². The number of ether oxygens (including phenoxy) is 2. The molecule has 7 rings (SSSR count). The van der Waals surface area contributed by atoms with E-state index in [1.54, 1.807) is 36.0 Å². The molecule has 4 aromatic rings. The van der Waals surface area contributed by atoms with Crippen LogP contribution in [0.15, 0.2) is 66.3 Å². The number of benzene rings is 2. The van der Waals surface area contributed by atoms with Crippen molar-refractivity contribution in [2.45, 2.75) is 124 Å². The van der Waals surface area contributed by atoms with Crippen LogP contribution in [0.3, 0.4) is 0 Å². The summed E-state index contributed by atoms with van der Waals surface area (Å²) in [6.45, 7) is 21.4. The molecule has 4 heterocycles. The third-order valence-electron chi connectivity index (χ3n) is 14.6. The van der Waals surface area contributed by atoms with Gasteiger partial charge in [0.1, 0.15) is 42.4 Å². The average molecular weight is 1040 g/mol. The zero-order chi connectivity index (χ0) is 53.2. The molecule has 5 N–H and O–H groups in total. The zero-order valence-electron chi connectivity index (χ0n) is 43.4. The lowest BCUT2D eigenvalue weighted by Gasteiger charge is -2.63. The van der Waals surface area contributed by atoms with E-state index in [0.29, 0.717) is 47.1 Å². The molecule has 1 aliphatic carbocycles. The first-order chi connectivity index (χ1) is 34.4. The van der Waals surface area contributed by atoms with Gasteiger partial charge in [0.05, 0.1) is 57.6 Å². The highest BCUT2D eigenvalue weighted by Gasteiger charge is 2.64. The Hall–Kier alpha value is -5.68. The molecule has 17 nitrogen and oxygen atoms in total. The summed E-state index contributed by atoms with van der Waals surface area (Å²) in [4.78, 5) is 70.9. The van der Waals surface area contributed by atoms with Crippen molar-refractivity contribution >= 4 is 52.4 Å². The lowest BCUT2D eigenvalue weighted by molar-refractivity contribution is -0.164. The summed E-state index contributed by atoms with van der Waals surface area (Å²) in [5, 5.41) is 39.6. The van der Waals surface area contributed by atoms with Crippen LogP contribution in [0, 0.1) is 34.5 Å². The summed E-state index contributed by atoms with van der Waals surface area (Å²) >= 11 is 7.80. The number of aromatic nitrogens is 2. The van der Waals surface area contributed by atoms with Gasteiger partial charge in [-0.3, -0.25) is 24.1 Å². The van der Waals surface area contributed by atoms with E-state index in [1.165, 1.54) is 16.2 Å². The van der Waals surface area contributed by atoms with Gasteiger partial charge >= 0.3 is 0 Å². The Labute approximate surface area is 437 Å². The predicted octanol–water partition coefficient (Wildman–Crippen LogP) is 5.91. The summed E-state index contributed by atoms with van der Waals surface area (Å²) in [6, 6.07) is 15.4. The number of carbonyl (C=O) groups excluding carboxylic acids is 4. The van der Waals surface area contributed by atoms with Crippen LogP contribution in [0.1, 0.15) is 102 Å². The number of nitrogens with zero attached hydrogens (tertiary/aromatic N) is 6.